The summed E-state index contributed by atoms with van der Waals surface area (Å²) in [7, 11) is 0. The summed E-state index contributed by atoms with van der Waals surface area (Å²) in [6.45, 7) is 1.93. The van der Waals surface area contributed by atoms with Gasteiger partial charge in [0, 0.05) is 0 Å². The molecule has 0 spiro atoms. The van der Waals surface area contributed by atoms with E-state index in [-0.39, 0.29) is 6.61 Å². The number of pyridine rings is 1. The van der Waals surface area contributed by atoms with E-state index in [1.165, 1.54) is 0 Å². The lowest BCUT2D eigenvalue weighted by molar-refractivity contribution is -0.145. The molecule has 1 heterocycles. The summed E-state index contributed by atoms with van der Waals surface area (Å²) in [6.07, 6.45) is 0. The lowest BCUT2D eigenvalue weighted by Crippen LogP contribution is -2.15. The summed E-state index contributed by atoms with van der Waals surface area (Å²) >= 11 is 9.78. The zero-order chi connectivity index (χ0) is 12.1. The van der Waals surface area contributed by atoms with Gasteiger partial charge in [-0.1, -0.05) is 0 Å². The number of esters is 1. The second-order valence-corrected chi connectivity index (χ2v) is 5.06. The number of rotatable bonds is 4. The molecule has 88 valence electrons. The van der Waals surface area contributed by atoms with E-state index in [9.17, 15) is 4.79 Å². The Labute approximate surface area is 118 Å². The number of hydrogen-bond donors (Lipinski definition) is 0. The van der Waals surface area contributed by atoms with Gasteiger partial charge in [0.25, 0.3) is 0 Å². The van der Waals surface area contributed by atoms with Crippen LogP contribution in [0.3, 0.4) is 0 Å². The van der Waals surface area contributed by atoms with Crippen LogP contribution in [0.2, 0.25) is 0 Å². The normalized spacial score (nSPS) is 10.0. The number of carbonyl (C=O) groups is 1. The van der Waals surface area contributed by atoms with Crippen LogP contribution < -0.4 is 4.74 Å². The third kappa shape index (κ3) is 4.03. The quantitative estimate of drug-likeness (QED) is 0.557. The van der Waals surface area contributed by atoms with Crippen LogP contribution in [0.4, 0.5) is 0 Å². The molecule has 4 nitrogen and oxygen atoms in total. The monoisotopic (exact) mass is 415 g/mol. The molecule has 0 saturated heterocycles. The minimum Gasteiger partial charge on any atom is -0.478 e. The van der Waals surface area contributed by atoms with Gasteiger partial charge in [0.1, 0.15) is 4.60 Å². The zero-order valence-electron chi connectivity index (χ0n) is 8.30. The molecule has 0 unspecified atom stereocenters. The highest BCUT2D eigenvalue weighted by molar-refractivity contribution is 9.11. The van der Waals surface area contributed by atoms with Crippen LogP contribution in [0.25, 0.3) is 0 Å². The van der Waals surface area contributed by atoms with Gasteiger partial charge in [-0.05, 0) is 60.8 Å². The zero-order valence-corrected chi connectivity index (χ0v) is 13.1. The van der Waals surface area contributed by atoms with Crippen molar-refractivity contribution in [1.82, 2.24) is 4.98 Å². The third-order valence-electron chi connectivity index (χ3n) is 1.49. The van der Waals surface area contributed by atoms with Crippen molar-refractivity contribution >= 4 is 53.8 Å². The Bertz CT molecular complexity index is 375. The van der Waals surface area contributed by atoms with Crippen LogP contribution in [-0.2, 0) is 9.53 Å². The first-order valence-corrected chi connectivity index (χ1v) is 6.72. The Hall–Kier alpha value is -0.140. The van der Waals surface area contributed by atoms with Crippen molar-refractivity contribution in [1.29, 1.82) is 0 Å². The largest absolute Gasteiger partial charge is 0.478 e. The van der Waals surface area contributed by atoms with E-state index in [4.69, 9.17) is 9.47 Å². The van der Waals surface area contributed by atoms with Crippen LogP contribution >= 0.6 is 47.8 Å². The van der Waals surface area contributed by atoms with E-state index >= 15 is 0 Å². The minimum absolute atomic E-state index is 0.144. The second-order valence-electron chi connectivity index (χ2n) is 2.64. The highest BCUT2D eigenvalue weighted by atomic mass is 79.9. The van der Waals surface area contributed by atoms with Crippen molar-refractivity contribution in [2.45, 2.75) is 6.92 Å². The second kappa shape index (κ2) is 6.56. The summed E-state index contributed by atoms with van der Waals surface area (Å²) in [5.74, 6) is 0.0560. The molecule has 1 aromatic rings. The van der Waals surface area contributed by atoms with Crippen LogP contribution in [0.15, 0.2) is 19.7 Å². The summed E-state index contributed by atoms with van der Waals surface area (Å²) < 4.78 is 11.9. The molecule has 0 radical (unpaired) electrons. The molecule has 0 aromatic carbocycles. The maximum Gasteiger partial charge on any atom is 0.344 e. The smallest absolute Gasteiger partial charge is 0.344 e. The molecule has 0 aliphatic rings. The standard InChI is InChI=1S/C9H8Br3NO3/c1-2-15-7(14)4-16-8-5(10)3-6(11)13-9(8)12/h3H,2,4H2,1H3. The molecule has 0 N–H and O–H groups in total. The van der Waals surface area contributed by atoms with Crippen LogP contribution in [0.5, 0.6) is 5.75 Å². The van der Waals surface area contributed by atoms with Gasteiger partial charge in [-0.3, -0.25) is 0 Å². The number of ether oxygens (including phenoxy) is 2. The molecule has 0 aliphatic carbocycles. The fraction of sp³-hybridized carbons (Fsp3) is 0.333. The highest BCUT2D eigenvalue weighted by Crippen LogP contribution is 2.33. The van der Waals surface area contributed by atoms with Gasteiger partial charge in [-0.2, -0.15) is 0 Å². The van der Waals surface area contributed by atoms with E-state index in [2.05, 4.69) is 52.8 Å². The van der Waals surface area contributed by atoms with Crippen molar-refractivity contribution < 1.29 is 14.3 Å². The number of halogens is 3. The fourth-order valence-corrected chi connectivity index (χ4v) is 3.16. The van der Waals surface area contributed by atoms with E-state index < -0.39 is 5.97 Å². The number of carbonyl (C=O) groups excluding carboxylic acids is 1. The van der Waals surface area contributed by atoms with Crippen LogP contribution in [0.1, 0.15) is 6.92 Å². The minimum atomic E-state index is -0.413. The van der Waals surface area contributed by atoms with E-state index in [0.717, 1.165) is 0 Å². The first kappa shape index (κ1) is 13.9. The third-order valence-corrected chi connectivity index (χ3v) is 3.03. The molecule has 0 fully saturated rings. The number of aromatic nitrogens is 1. The first-order valence-electron chi connectivity index (χ1n) is 4.34. The molecule has 7 heteroatoms. The van der Waals surface area contributed by atoms with Gasteiger partial charge in [0.15, 0.2) is 17.0 Å². The van der Waals surface area contributed by atoms with Crippen molar-refractivity contribution in [3.8, 4) is 5.75 Å². The summed E-state index contributed by atoms with van der Waals surface area (Å²) in [5, 5.41) is 0. The lowest BCUT2D eigenvalue weighted by atomic mass is 10.5. The fourth-order valence-electron chi connectivity index (χ4n) is 0.908. The predicted molar refractivity (Wildman–Crippen MR) is 69.5 cm³/mol. The average molecular weight is 418 g/mol. The van der Waals surface area contributed by atoms with Gasteiger partial charge < -0.3 is 9.47 Å². The molecule has 16 heavy (non-hydrogen) atoms. The summed E-state index contributed by atoms with van der Waals surface area (Å²) in [5.41, 5.74) is 0. The average Bonchev–Trinajstić information content (AvgIpc) is 2.16. The maximum atomic E-state index is 11.1. The maximum absolute atomic E-state index is 11.1. The topological polar surface area (TPSA) is 48.4 Å². The molecule has 1 rings (SSSR count). The molecular weight excluding hydrogens is 410 g/mol. The molecule has 1 aromatic heterocycles. The number of nitrogens with zero attached hydrogens (tertiary/aromatic N) is 1. The highest BCUT2D eigenvalue weighted by Gasteiger charge is 2.12. The molecular formula is C9H8Br3NO3. The molecule has 0 aliphatic heterocycles. The summed E-state index contributed by atoms with van der Waals surface area (Å²) in [6, 6.07) is 1.73. The van der Waals surface area contributed by atoms with Crippen molar-refractivity contribution in [3.63, 3.8) is 0 Å². The Morgan fingerprint density at radius 2 is 2.12 bits per heavy atom. The van der Waals surface area contributed by atoms with Crippen molar-refractivity contribution in [2.24, 2.45) is 0 Å². The van der Waals surface area contributed by atoms with Crippen molar-refractivity contribution in [2.75, 3.05) is 13.2 Å². The molecule has 0 bridgehead atoms. The van der Waals surface area contributed by atoms with Gasteiger partial charge in [-0.15, -0.1) is 0 Å². The molecule has 0 saturated carbocycles. The summed E-state index contributed by atoms with van der Waals surface area (Å²) in [4.78, 5) is 15.2. The van der Waals surface area contributed by atoms with Gasteiger partial charge in [0.05, 0.1) is 11.1 Å². The Kier molecular flexibility index (Phi) is 5.71. The predicted octanol–water partition coefficient (Wildman–Crippen LogP) is 3.31. The van der Waals surface area contributed by atoms with Crippen LogP contribution in [0, 0.1) is 0 Å². The Balaban J connectivity index is 2.70. The van der Waals surface area contributed by atoms with E-state index in [1.54, 1.807) is 13.0 Å². The van der Waals surface area contributed by atoms with E-state index in [1.807, 2.05) is 0 Å². The Morgan fingerprint density at radius 3 is 2.69 bits per heavy atom. The molecule has 0 atom stereocenters. The SMILES string of the molecule is CCOC(=O)COc1c(Br)cc(Br)nc1Br. The van der Waals surface area contributed by atoms with Gasteiger partial charge in [0.2, 0.25) is 0 Å². The lowest BCUT2D eigenvalue weighted by Gasteiger charge is -2.09. The van der Waals surface area contributed by atoms with E-state index in [0.29, 0.717) is 26.0 Å². The van der Waals surface area contributed by atoms with Gasteiger partial charge in [-0.25, -0.2) is 9.78 Å². The molecule has 0 amide bonds. The van der Waals surface area contributed by atoms with Gasteiger partial charge >= 0.3 is 5.97 Å². The Morgan fingerprint density at radius 1 is 1.44 bits per heavy atom. The van der Waals surface area contributed by atoms with Crippen molar-refractivity contribution in [3.05, 3.63) is 19.7 Å². The van der Waals surface area contributed by atoms with Crippen LogP contribution in [-0.4, -0.2) is 24.2 Å². The number of hydrogen-bond acceptors (Lipinski definition) is 4. The first-order chi connectivity index (χ1) is 7.54.